The molecule has 168 valence electrons. The van der Waals surface area contributed by atoms with Crippen molar-refractivity contribution in [2.45, 2.75) is 11.0 Å². The van der Waals surface area contributed by atoms with E-state index in [9.17, 15) is 18.5 Å². The van der Waals surface area contributed by atoms with Gasteiger partial charge in [-0.3, -0.25) is 10.1 Å². The van der Waals surface area contributed by atoms with Gasteiger partial charge in [0, 0.05) is 24.3 Å². The van der Waals surface area contributed by atoms with Crippen LogP contribution in [0, 0.1) is 10.1 Å². The predicted octanol–water partition coefficient (Wildman–Crippen LogP) is 4.33. The smallest absolute Gasteiger partial charge is 0.269 e. The lowest BCUT2D eigenvalue weighted by atomic mass is 10.0. The van der Waals surface area contributed by atoms with Crippen LogP contribution in [0.1, 0.15) is 21.9 Å². The molecule has 0 N–H and O–H groups in total. The summed E-state index contributed by atoms with van der Waals surface area (Å²) in [6.07, 6.45) is 0. The minimum absolute atomic E-state index is 0.137. The molecule has 0 amide bonds. The van der Waals surface area contributed by atoms with E-state index >= 15 is 0 Å². The van der Waals surface area contributed by atoms with Gasteiger partial charge < -0.3 is 14.2 Å². The van der Waals surface area contributed by atoms with Crippen LogP contribution in [-0.2, 0) is 15.6 Å². The van der Waals surface area contributed by atoms with E-state index in [1.807, 2.05) is 0 Å². The maximum atomic E-state index is 13.7. The maximum Gasteiger partial charge on any atom is 0.269 e. The van der Waals surface area contributed by atoms with Gasteiger partial charge in [0.25, 0.3) is 5.69 Å². The second kappa shape index (κ2) is 9.69. The number of sulfone groups is 1. The fourth-order valence-corrected chi connectivity index (χ4v) is 5.49. The molecular weight excluding hydrogens is 434 g/mol. The normalized spacial score (nSPS) is 12.1. The van der Waals surface area contributed by atoms with Crippen LogP contribution in [0.25, 0.3) is 0 Å². The number of methoxy groups -OCH3 is 3. The van der Waals surface area contributed by atoms with Gasteiger partial charge in [0.1, 0.15) is 22.5 Å². The Hall–Kier alpha value is -3.59. The Labute approximate surface area is 186 Å². The number of nitrogens with zero attached hydrogens (tertiary/aromatic N) is 1. The molecule has 0 aliphatic rings. The highest BCUT2D eigenvalue weighted by atomic mass is 32.2. The largest absolute Gasteiger partial charge is 0.496 e. The van der Waals surface area contributed by atoms with Crippen molar-refractivity contribution in [3.63, 3.8) is 0 Å². The van der Waals surface area contributed by atoms with Crippen molar-refractivity contribution < 1.29 is 27.6 Å². The molecule has 32 heavy (non-hydrogen) atoms. The lowest BCUT2D eigenvalue weighted by molar-refractivity contribution is -0.384. The van der Waals surface area contributed by atoms with E-state index < -0.39 is 20.0 Å². The monoisotopic (exact) mass is 457 g/mol. The molecule has 0 aliphatic carbocycles. The van der Waals surface area contributed by atoms with Gasteiger partial charge >= 0.3 is 0 Å². The second-order valence-electron chi connectivity index (χ2n) is 6.97. The highest BCUT2D eigenvalue weighted by Gasteiger charge is 2.35. The lowest BCUT2D eigenvalue weighted by Gasteiger charge is -2.24. The van der Waals surface area contributed by atoms with E-state index in [-0.39, 0.29) is 22.9 Å². The SMILES string of the molecule is COc1cc(OC)c(C(c2ccc([N+](=O)[O-])cc2)S(=O)(=O)Cc2ccccc2)c(OC)c1. The molecule has 0 spiro atoms. The highest BCUT2D eigenvalue weighted by Crippen LogP contribution is 2.45. The summed E-state index contributed by atoms with van der Waals surface area (Å²) < 4.78 is 43.8. The highest BCUT2D eigenvalue weighted by molar-refractivity contribution is 7.91. The Morgan fingerprint density at radius 1 is 0.875 bits per heavy atom. The first kappa shape index (κ1) is 23.1. The van der Waals surface area contributed by atoms with Crippen LogP contribution in [0.15, 0.2) is 66.7 Å². The first-order valence-corrected chi connectivity index (χ1v) is 11.3. The zero-order chi connectivity index (χ0) is 23.3. The van der Waals surface area contributed by atoms with Gasteiger partial charge in [-0.25, -0.2) is 8.42 Å². The minimum Gasteiger partial charge on any atom is -0.496 e. The van der Waals surface area contributed by atoms with Crippen molar-refractivity contribution in [3.8, 4) is 17.2 Å². The molecule has 0 saturated carbocycles. The average Bonchev–Trinajstić information content (AvgIpc) is 2.79. The molecule has 0 aliphatic heterocycles. The third kappa shape index (κ3) is 4.83. The molecule has 9 heteroatoms. The van der Waals surface area contributed by atoms with Crippen molar-refractivity contribution in [2.75, 3.05) is 21.3 Å². The van der Waals surface area contributed by atoms with Crippen molar-refractivity contribution in [2.24, 2.45) is 0 Å². The van der Waals surface area contributed by atoms with Crippen LogP contribution in [0.4, 0.5) is 5.69 Å². The van der Waals surface area contributed by atoms with Gasteiger partial charge in [0.15, 0.2) is 9.84 Å². The summed E-state index contributed by atoms with van der Waals surface area (Å²) >= 11 is 0. The van der Waals surface area contributed by atoms with E-state index in [1.54, 1.807) is 42.5 Å². The third-order valence-corrected chi connectivity index (χ3v) is 6.95. The van der Waals surface area contributed by atoms with E-state index in [0.29, 0.717) is 22.4 Å². The van der Waals surface area contributed by atoms with Crippen LogP contribution >= 0.6 is 0 Å². The Morgan fingerprint density at radius 2 is 1.44 bits per heavy atom. The van der Waals surface area contributed by atoms with Crippen molar-refractivity contribution in [1.29, 1.82) is 0 Å². The van der Waals surface area contributed by atoms with Crippen molar-refractivity contribution in [3.05, 3.63) is 93.5 Å². The topological polar surface area (TPSA) is 105 Å². The van der Waals surface area contributed by atoms with Gasteiger partial charge in [0.2, 0.25) is 0 Å². The predicted molar refractivity (Wildman–Crippen MR) is 120 cm³/mol. The lowest BCUT2D eigenvalue weighted by Crippen LogP contribution is -2.19. The maximum absolute atomic E-state index is 13.7. The number of non-ortho nitro benzene ring substituents is 1. The van der Waals surface area contributed by atoms with E-state index in [0.717, 1.165) is 0 Å². The minimum atomic E-state index is -3.87. The molecule has 0 fully saturated rings. The standard InChI is InChI=1S/C23H23NO7S/c1-29-19-13-20(30-2)22(21(14-19)31-3)23(17-9-11-18(12-10-17)24(25)26)32(27,28)15-16-7-5-4-6-8-16/h4-14,23H,15H2,1-3H3. The fourth-order valence-electron chi connectivity index (χ4n) is 3.51. The first-order valence-electron chi connectivity index (χ1n) is 9.60. The molecule has 0 heterocycles. The molecular formula is C23H23NO7S. The Kier molecular flexibility index (Phi) is 6.99. The van der Waals surface area contributed by atoms with Crippen molar-refractivity contribution in [1.82, 2.24) is 0 Å². The molecule has 0 radical (unpaired) electrons. The zero-order valence-corrected chi connectivity index (χ0v) is 18.7. The molecule has 0 bridgehead atoms. The molecule has 3 aromatic carbocycles. The van der Waals surface area contributed by atoms with Crippen LogP contribution < -0.4 is 14.2 Å². The van der Waals surface area contributed by atoms with Gasteiger partial charge in [-0.05, 0) is 11.1 Å². The summed E-state index contributed by atoms with van der Waals surface area (Å²) in [5.74, 6) is 0.723. The van der Waals surface area contributed by atoms with Crippen LogP contribution in [0.2, 0.25) is 0 Å². The number of benzene rings is 3. The van der Waals surface area contributed by atoms with Crippen molar-refractivity contribution >= 4 is 15.5 Å². The second-order valence-corrected chi connectivity index (χ2v) is 9.05. The third-order valence-electron chi connectivity index (χ3n) is 4.99. The molecule has 0 saturated heterocycles. The molecule has 1 atom stereocenters. The molecule has 3 aromatic rings. The Bertz CT molecular complexity index is 1170. The van der Waals surface area contributed by atoms with Gasteiger partial charge in [0.05, 0.1) is 37.6 Å². The van der Waals surface area contributed by atoms with E-state index in [1.165, 1.54) is 45.6 Å². The number of nitro benzene ring substituents is 1. The zero-order valence-electron chi connectivity index (χ0n) is 17.8. The van der Waals surface area contributed by atoms with E-state index in [4.69, 9.17) is 14.2 Å². The van der Waals surface area contributed by atoms with Crippen LogP contribution in [-0.4, -0.2) is 34.7 Å². The number of rotatable bonds is 9. The first-order chi connectivity index (χ1) is 15.3. The summed E-state index contributed by atoms with van der Waals surface area (Å²) in [7, 11) is 0.460. The Morgan fingerprint density at radius 3 is 1.91 bits per heavy atom. The van der Waals surface area contributed by atoms with Crippen LogP contribution in [0.5, 0.6) is 17.2 Å². The van der Waals surface area contributed by atoms with E-state index in [2.05, 4.69) is 0 Å². The summed E-state index contributed by atoms with van der Waals surface area (Å²) in [4.78, 5) is 10.6. The summed E-state index contributed by atoms with van der Waals surface area (Å²) in [6, 6.07) is 17.4. The quantitative estimate of drug-likeness (QED) is 0.348. The molecule has 8 nitrogen and oxygen atoms in total. The summed E-state index contributed by atoms with van der Waals surface area (Å²) in [5, 5.41) is 9.90. The number of nitro groups is 1. The fraction of sp³-hybridized carbons (Fsp3) is 0.217. The van der Waals surface area contributed by atoms with Gasteiger partial charge in [-0.1, -0.05) is 42.5 Å². The summed E-state index contributed by atoms with van der Waals surface area (Å²) in [5.41, 5.74) is 1.13. The molecule has 1 unspecified atom stereocenters. The van der Waals surface area contributed by atoms with Gasteiger partial charge in [-0.15, -0.1) is 0 Å². The molecule has 0 aromatic heterocycles. The number of hydrogen-bond acceptors (Lipinski definition) is 7. The average molecular weight is 458 g/mol. The molecule has 3 rings (SSSR count). The Balaban J connectivity index is 2.25. The summed E-state index contributed by atoms with van der Waals surface area (Å²) in [6.45, 7) is 0. The van der Waals surface area contributed by atoms with Crippen LogP contribution in [0.3, 0.4) is 0 Å². The number of ether oxygens (including phenoxy) is 3. The number of hydrogen-bond donors (Lipinski definition) is 0. The van der Waals surface area contributed by atoms with Gasteiger partial charge in [-0.2, -0.15) is 0 Å².